The molecule has 69 heavy (non-hydrogen) atoms. The number of carbonyl (C=O) groups excluding carboxylic acids is 3. The number of piperazine rings is 1. The minimum absolute atomic E-state index is 0.0161. The maximum atomic E-state index is 15.3. The molecule has 0 radical (unpaired) electrons. The molecule has 3 aromatic carbocycles. The number of ether oxygens (including phenoxy) is 1. The lowest BCUT2D eigenvalue weighted by Gasteiger charge is -2.37. The molecule has 6 heterocycles. The standard InChI is InChI=1S/C45H44F4N12O7S/c46-33-4-6-38(56-69(66,67)60-22-35(48)36(49)23-60)32(19-50)42(33)68-29-2-5-37-31(18-29)44(65)61(25-53-37)28-20-51-45(52-21-28)59-15-13-58(14-16-59)41(63)24-57-11-9-26(10-12-57)30-3-1-27(17-34(30)47)54-39-7-8-40(62)55-43(39)64/h1-6,17-18,20-21,25-26,35-36,39,54,56H,7-16,22-24H2,(H,55,62,64)/t35-,36-,39+/m1/s1. The number of aromatic nitrogens is 4. The van der Waals surface area contributed by atoms with Gasteiger partial charge in [-0.05, 0) is 86.3 Å². The number of halogens is 4. The van der Waals surface area contributed by atoms with Crippen LogP contribution in [0.1, 0.15) is 42.7 Å². The molecular weight excluding hydrogens is 929 g/mol. The van der Waals surface area contributed by atoms with E-state index in [0.29, 0.717) is 80.0 Å². The van der Waals surface area contributed by atoms with E-state index in [9.17, 15) is 41.6 Å². The predicted octanol–water partition coefficient (Wildman–Crippen LogP) is 3.51. The van der Waals surface area contributed by atoms with Crippen LogP contribution in [0.4, 0.5) is 34.9 Å². The van der Waals surface area contributed by atoms with Crippen molar-refractivity contribution < 1.29 is 45.1 Å². The topological polar surface area (TPSA) is 228 Å². The highest BCUT2D eigenvalue weighted by atomic mass is 32.2. The highest BCUT2D eigenvalue weighted by molar-refractivity contribution is 7.90. The first-order valence-electron chi connectivity index (χ1n) is 22.1. The fraction of sp³-hybridized carbons (Fsp3) is 0.378. The van der Waals surface area contributed by atoms with Crippen molar-refractivity contribution in [2.75, 3.05) is 73.8 Å². The van der Waals surface area contributed by atoms with Crippen molar-refractivity contribution in [3.8, 4) is 23.3 Å². The highest BCUT2D eigenvalue weighted by Gasteiger charge is 2.40. The van der Waals surface area contributed by atoms with Crippen molar-refractivity contribution in [2.45, 2.75) is 50.0 Å². The van der Waals surface area contributed by atoms with E-state index in [1.807, 2.05) is 4.90 Å². The number of piperidine rings is 2. The van der Waals surface area contributed by atoms with Gasteiger partial charge >= 0.3 is 10.2 Å². The van der Waals surface area contributed by atoms with E-state index in [2.05, 4.69) is 35.2 Å². The summed E-state index contributed by atoms with van der Waals surface area (Å²) in [7, 11) is -4.54. The molecule has 360 valence electrons. The molecule has 3 atom stereocenters. The molecule has 4 aliphatic heterocycles. The number of hydrogen-bond donors (Lipinski definition) is 3. The van der Waals surface area contributed by atoms with Gasteiger partial charge in [0.25, 0.3) is 5.56 Å². The molecule has 2 aromatic heterocycles. The van der Waals surface area contributed by atoms with Crippen molar-refractivity contribution in [1.29, 1.82) is 5.26 Å². The number of anilines is 3. The number of nitrogens with one attached hydrogen (secondary N) is 3. The smallest absolute Gasteiger partial charge is 0.301 e. The number of likely N-dealkylation sites (tertiary alicyclic amines) is 1. The monoisotopic (exact) mass is 972 g/mol. The molecule has 3 amide bonds. The van der Waals surface area contributed by atoms with Gasteiger partial charge in [-0.2, -0.15) is 18.0 Å². The fourth-order valence-electron chi connectivity index (χ4n) is 8.84. The van der Waals surface area contributed by atoms with Crippen molar-refractivity contribution in [1.82, 2.24) is 38.9 Å². The van der Waals surface area contributed by atoms with Crippen molar-refractivity contribution in [3.05, 3.63) is 100 Å². The zero-order chi connectivity index (χ0) is 48.6. The Kier molecular flexibility index (Phi) is 13.2. The van der Waals surface area contributed by atoms with Crippen LogP contribution in [0.3, 0.4) is 0 Å². The van der Waals surface area contributed by atoms with E-state index in [4.69, 9.17) is 4.74 Å². The van der Waals surface area contributed by atoms with Gasteiger partial charge in [0.05, 0.1) is 41.2 Å². The molecule has 0 spiro atoms. The van der Waals surface area contributed by atoms with Crippen LogP contribution < -0.4 is 30.6 Å². The number of rotatable bonds is 12. The van der Waals surface area contributed by atoms with Crippen LogP contribution in [0.25, 0.3) is 16.6 Å². The van der Waals surface area contributed by atoms with E-state index >= 15 is 8.78 Å². The molecule has 4 aliphatic rings. The molecule has 24 heteroatoms. The molecule has 0 bridgehead atoms. The Morgan fingerprint density at radius 3 is 2.29 bits per heavy atom. The lowest BCUT2D eigenvalue weighted by molar-refractivity contribution is -0.134. The van der Waals surface area contributed by atoms with E-state index in [0.717, 1.165) is 12.1 Å². The number of carbonyl (C=O) groups is 3. The normalized spacial score (nSPS) is 20.7. The molecule has 0 aliphatic carbocycles. The van der Waals surface area contributed by atoms with Gasteiger partial charge in [0, 0.05) is 51.4 Å². The van der Waals surface area contributed by atoms with Crippen molar-refractivity contribution >= 4 is 56.2 Å². The first-order valence-corrected chi connectivity index (χ1v) is 23.5. The zero-order valence-electron chi connectivity index (χ0n) is 36.7. The molecular formula is C45H44F4N12O7S. The van der Waals surface area contributed by atoms with Gasteiger partial charge in [-0.15, -0.1) is 0 Å². The first-order chi connectivity index (χ1) is 33.1. The van der Waals surface area contributed by atoms with Gasteiger partial charge in [-0.3, -0.25) is 38.7 Å². The van der Waals surface area contributed by atoms with Gasteiger partial charge in [0.1, 0.15) is 47.9 Å². The van der Waals surface area contributed by atoms with Crippen molar-refractivity contribution in [3.63, 3.8) is 0 Å². The maximum Gasteiger partial charge on any atom is 0.301 e. The highest BCUT2D eigenvalue weighted by Crippen LogP contribution is 2.36. The number of benzene rings is 3. The molecule has 19 nitrogen and oxygen atoms in total. The number of fused-ring (bicyclic) bond motifs is 1. The Balaban J connectivity index is 0.782. The largest absolute Gasteiger partial charge is 0.453 e. The average molecular weight is 973 g/mol. The summed E-state index contributed by atoms with van der Waals surface area (Å²) in [6, 6.07) is 11.9. The van der Waals surface area contributed by atoms with Crippen LogP contribution in [-0.2, 0) is 24.6 Å². The second kappa shape index (κ2) is 19.4. The zero-order valence-corrected chi connectivity index (χ0v) is 37.5. The molecule has 5 aromatic rings. The van der Waals surface area contributed by atoms with Gasteiger partial charge in [0.2, 0.25) is 23.7 Å². The molecule has 4 saturated heterocycles. The lowest BCUT2D eigenvalue weighted by Crippen LogP contribution is -2.52. The van der Waals surface area contributed by atoms with Crippen LogP contribution >= 0.6 is 0 Å². The molecule has 9 rings (SSSR count). The number of nitrogens with zero attached hydrogens (tertiary/aromatic N) is 9. The fourth-order valence-corrected chi connectivity index (χ4v) is 10.1. The number of imide groups is 1. The summed E-state index contributed by atoms with van der Waals surface area (Å²) in [6.07, 6.45) is 2.03. The van der Waals surface area contributed by atoms with Gasteiger partial charge in [-0.1, -0.05) is 6.07 Å². The van der Waals surface area contributed by atoms with Crippen LogP contribution in [0.2, 0.25) is 0 Å². The third kappa shape index (κ3) is 10.0. The van der Waals surface area contributed by atoms with Crippen LogP contribution in [0.15, 0.2) is 72.0 Å². The first kappa shape index (κ1) is 46.9. The Morgan fingerprint density at radius 2 is 1.61 bits per heavy atom. The van der Waals surface area contributed by atoms with E-state index in [-0.39, 0.29) is 58.9 Å². The van der Waals surface area contributed by atoms with E-state index in [1.54, 1.807) is 23.1 Å². The van der Waals surface area contributed by atoms with E-state index in [1.165, 1.54) is 47.6 Å². The van der Waals surface area contributed by atoms with Gasteiger partial charge < -0.3 is 19.9 Å². The molecule has 4 fully saturated rings. The summed E-state index contributed by atoms with van der Waals surface area (Å²) in [5.41, 5.74) is 0.0625. The summed E-state index contributed by atoms with van der Waals surface area (Å²) < 4.78 is 93.2. The summed E-state index contributed by atoms with van der Waals surface area (Å²) in [5, 5.41) is 15.3. The minimum atomic E-state index is -4.54. The Bertz CT molecular complexity index is 3030. The van der Waals surface area contributed by atoms with Gasteiger partial charge in [-0.25, -0.2) is 32.5 Å². The number of amides is 3. The maximum absolute atomic E-state index is 15.3. The van der Waals surface area contributed by atoms with Crippen molar-refractivity contribution in [2.24, 2.45) is 0 Å². The second-order valence-corrected chi connectivity index (χ2v) is 18.8. The minimum Gasteiger partial charge on any atom is -0.453 e. The number of alkyl halides is 2. The molecule has 0 saturated carbocycles. The summed E-state index contributed by atoms with van der Waals surface area (Å²) in [5.74, 6) is -2.56. The molecule has 0 unspecified atom stereocenters. The van der Waals surface area contributed by atoms with Crippen LogP contribution in [0, 0.1) is 23.0 Å². The average Bonchev–Trinajstić information content (AvgIpc) is 3.69. The predicted molar refractivity (Wildman–Crippen MR) is 241 cm³/mol. The number of nitriles is 1. The Morgan fingerprint density at radius 1 is 0.884 bits per heavy atom. The van der Waals surface area contributed by atoms with E-state index < -0.39 is 76.0 Å². The SMILES string of the molecule is N#Cc1c(NS(=O)(=O)N2C[C@@H](F)[C@H](F)C2)ccc(F)c1Oc1ccc2ncn(-c3cnc(N4CCN(C(=O)CN5CCC(c6ccc(N[C@H]7CCC(=O)NC7=O)cc6F)CC5)CC4)nc3)c(=O)c2c1. The summed E-state index contributed by atoms with van der Waals surface area (Å²) in [6.45, 7) is 1.79. The summed E-state index contributed by atoms with van der Waals surface area (Å²) in [4.78, 5) is 69.8. The number of hydrogen-bond acceptors (Lipinski definition) is 14. The van der Waals surface area contributed by atoms with Gasteiger partial charge in [0.15, 0.2) is 11.6 Å². The Hall–Kier alpha value is -7.23. The van der Waals surface area contributed by atoms with Crippen LogP contribution in [-0.4, -0.2) is 137 Å². The third-order valence-electron chi connectivity index (χ3n) is 12.7. The quantitative estimate of drug-likeness (QED) is 0.120. The lowest BCUT2D eigenvalue weighted by atomic mass is 9.89. The van der Waals surface area contributed by atoms with Crippen LogP contribution in [0.5, 0.6) is 11.5 Å². The molecule has 3 N–H and O–H groups in total. The summed E-state index contributed by atoms with van der Waals surface area (Å²) >= 11 is 0. The third-order valence-corrected chi connectivity index (χ3v) is 14.1. The second-order valence-electron chi connectivity index (χ2n) is 17.1. The Labute approximate surface area is 391 Å².